The van der Waals surface area contributed by atoms with E-state index in [0.29, 0.717) is 54.3 Å². The number of likely N-dealkylation sites (tertiary alicyclic amines) is 1. The number of halogens is 1. The SMILES string of the molecule is Cc1cc2c(cc1Cl)C(=O)CC1(CCN(C(=O)c3ccncc3)CC1)O2. The van der Waals surface area contributed by atoms with Crippen molar-refractivity contribution in [3.63, 3.8) is 0 Å². The van der Waals surface area contributed by atoms with Crippen LogP contribution in [0.2, 0.25) is 5.02 Å². The van der Waals surface area contributed by atoms with Gasteiger partial charge >= 0.3 is 0 Å². The van der Waals surface area contributed by atoms with Gasteiger partial charge in [0.1, 0.15) is 11.4 Å². The molecule has 1 amide bonds. The molecule has 6 heteroatoms. The van der Waals surface area contributed by atoms with Crippen molar-refractivity contribution < 1.29 is 14.3 Å². The molecule has 3 heterocycles. The van der Waals surface area contributed by atoms with Crippen molar-refractivity contribution in [2.24, 2.45) is 0 Å². The van der Waals surface area contributed by atoms with Gasteiger partial charge in [-0.15, -0.1) is 0 Å². The maximum absolute atomic E-state index is 12.6. The number of Topliss-reactive ketones (excluding diaryl/α,β-unsaturated/α-hetero) is 1. The zero-order valence-electron chi connectivity index (χ0n) is 14.5. The average molecular weight is 371 g/mol. The molecule has 1 fully saturated rings. The highest BCUT2D eigenvalue weighted by Crippen LogP contribution is 2.41. The third-order valence-electron chi connectivity index (χ3n) is 5.26. The third kappa shape index (κ3) is 2.97. The van der Waals surface area contributed by atoms with E-state index in [2.05, 4.69) is 4.98 Å². The predicted molar refractivity (Wildman–Crippen MR) is 97.9 cm³/mol. The van der Waals surface area contributed by atoms with Crippen LogP contribution in [0.4, 0.5) is 0 Å². The highest BCUT2D eigenvalue weighted by Gasteiger charge is 2.43. The second kappa shape index (κ2) is 6.40. The highest BCUT2D eigenvalue weighted by molar-refractivity contribution is 6.31. The Morgan fingerprint density at radius 3 is 2.62 bits per heavy atom. The quantitative estimate of drug-likeness (QED) is 0.768. The number of carbonyl (C=O) groups excluding carboxylic acids is 2. The molecule has 1 aromatic carbocycles. The first-order chi connectivity index (χ1) is 12.5. The van der Waals surface area contributed by atoms with Crippen LogP contribution in [-0.2, 0) is 0 Å². The van der Waals surface area contributed by atoms with Crippen LogP contribution >= 0.6 is 11.6 Å². The van der Waals surface area contributed by atoms with Crippen molar-refractivity contribution in [1.29, 1.82) is 0 Å². The predicted octanol–water partition coefficient (Wildman–Crippen LogP) is 3.68. The van der Waals surface area contributed by atoms with Crippen LogP contribution in [0.3, 0.4) is 0 Å². The summed E-state index contributed by atoms with van der Waals surface area (Å²) in [6, 6.07) is 6.97. The molecule has 5 nitrogen and oxygen atoms in total. The Labute approximate surface area is 156 Å². The number of amides is 1. The van der Waals surface area contributed by atoms with Crippen molar-refractivity contribution in [1.82, 2.24) is 9.88 Å². The Morgan fingerprint density at radius 1 is 1.23 bits per heavy atom. The van der Waals surface area contributed by atoms with E-state index < -0.39 is 5.60 Å². The topological polar surface area (TPSA) is 59.5 Å². The van der Waals surface area contributed by atoms with E-state index in [1.54, 1.807) is 30.6 Å². The molecule has 1 spiro atoms. The Balaban J connectivity index is 1.51. The van der Waals surface area contributed by atoms with Crippen LogP contribution in [0, 0.1) is 6.92 Å². The fourth-order valence-electron chi connectivity index (χ4n) is 3.69. The van der Waals surface area contributed by atoms with Gasteiger partial charge in [-0.2, -0.15) is 0 Å². The van der Waals surface area contributed by atoms with Crippen molar-refractivity contribution in [2.75, 3.05) is 13.1 Å². The molecule has 4 rings (SSSR count). The van der Waals surface area contributed by atoms with E-state index in [1.807, 2.05) is 17.9 Å². The molecule has 2 aliphatic rings. The molecule has 2 aliphatic heterocycles. The molecule has 1 aromatic heterocycles. The smallest absolute Gasteiger partial charge is 0.253 e. The van der Waals surface area contributed by atoms with Crippen LogP contribution in [0.5, 0.6) is 5.75 Å². The summed E-state index contributed by atoms with van der Waals surface area (Å²) >= 11 is 6.14. The number of hydrogen-bond acceptors (Lipinski definition) is 4. The molecule has 1 saturated heterocycles. The van der Waals surface area contributed by atoms with E-state index in [-0.39, 0.29) is 11.7 Å². The number of nitrogens with zero attached hydrogens (tertiary/aromatic N) is 2. The molecule has 0 unspecified atom stereocenters. The largest absolute Gasteiger partial charge is 0.486 e. The monoisotopic (exact) mass is 370 g/mol. The van der Waals surface area contributed by atoms with Crippen molar-refractivity contribution in [2.45, 2.75) is 31.8 Å². The maximum Gasteiger partial charge on any atom is 0.253 e. The summed E-state index contributed by atoms with van der Waals surface area (Å²) in [5.41, 5.74) is 1.55. The van der Waals surface area contributed by atoms with Crippen molar-refractivity contribution in [3.05, 3.63) is 58.4 Å². The number of hydrogen-bond donors (Lipinski definition) is 0. The van der Waals surface area contributed by atoms with E-state index in [1.165, 1.54) is 0 Å². The fourth-order valence-corrected chi connectivity index (χ4v) is 3.85. The molecule has 0 aliphatic carbocycles. The minimum atomic E-state index is -0.528. The summed E-state index contributed by atoms with van der Waals surface area (Å²) in [6.07, 6.45) is 4.84. The van der Waals surface area contributed by atoms with Crippen LogP contribution in [0.15, 0.2) is 36.7 Å². The molecule has 0 atom stereocenters. The standard InChI is InChI=1S/C20H19ClN2O3/c1-13-10-18-15(11-16(13)21)17(24)12-20(26-18)4-8-23(9-5-20)19(25)14-2-6-22-7-3-14/h2-3,6-7,10-11H,4-5,8-9,12H2,1H3. The molecule has 0 bridgehead atoms. The van der Waals surface area contributed by atoms with Gasteiger partial charge < -0.3 is 9.64 Å². The number of rotatable bonds is 1. The lowest BCUT2D eigenvalue weighted by molar-refractivity contribution is -0.00573. The number of fused-ring (bicyclic) bond motifs is 1. The van der Waals surface area contributed by atoms with Crippen molar-refractivity contribution in [3.8, 4) is 5.75 Å². The average Bonchev–Trinajstić information content (AvgIpc) is 2.64. The third-order valence-corrected chi connectivity index (χ3v) is 5.67. The summed E-state index contributed by atoms with van der Waals surface area (Å²) in [7, 11) is 0. The number of aryl methyl sites for hydroxylation is 1. The second-order valence-electron chi connectivity index (χ2n) is 7.01. The number of pyridine rings is 1. The van der Waals surface area contributed by atoms with E-state index in [9.17, 15) is 9.59 Å². The van der Waals surface area contributed by atoms with Gasteiger partial charge in [0.15, 0.2) is 5.78 Å². The Bertz CT molecular complexity index is 874. The number of aromatic nitrogens is 1. The fraction of sp³-hybridized carbons (Fsp3) is 0.350. The van der Waals surface area contributed by atoms with E-state index in [0.717, 1.165) is 5.56 Å². The Kier molecular flexibility index (Phi) is 4.19. The van der Waals surface area contributed by atoms with Gasteiger partial charge in [0.05, 0.1) is 12.0 Å². The zero-order valence-corrected chi connectivity index (χ0v) is 15.3. The first-order valence-electron chi connectivity index (χ1n) is 8.69. The lowest BCUT2D eigenvalue weighted by atomic mass is 9.82. The second-order valence-corrected chi connectivity index (χ2v) is 7.42. The first-order valence-corrected chi connectivity index (χ1v) is 9.07. The summed E-state index contributed by atoms with van der Waals surface area (Å²) in [6.45, 7) is 3.03. The van der Waals surface area contributed by atoms with Gasteiger partial charge in [-0.25, -0.2) is 0 Å². The number of piperidine rings is 1. The zero-order chi connectivity index (χ0) is 18.3. The lowest BCUT2D eigenvalue weighted by Gasteiger charge is -2.44. The minimum absolute atomic E-state index is 0.00703. The molecule has 0 N–H and O–H groups in total. The number of carbonyl (C=O) groups is 2. The molecule has 26 heavy (non-hydrogen) atoms. The summed E-state index contributed by atoms with van der Waals surface area (Å²) < 4.78 is 6.27. The van der Waals surface area contributed by atoms with Gasteiger partial charge in [-0.05, 0) is 36.8 Å². The molecular formula is C20H19ClN2O3. The minimum Gasteiger partial charge on any atom is -0.486 e. The Hall–Kier alpha value is -2.40. The summed E-state index contributed by atoms with van der Waals surface area (Å²) in [4.78, 5) is 31.0. The maximum atomic E-state index is 12.6. The molecule has 2 aromatic rings. The lowest BCUT2D eigenvalue weighted by Crippen LogP contribution is -2.52. The van der Waals surface area contributed by atoms with Gasteiger partial charge in [-0.3, -0.25) is 14.6 Å². The summed E-state index contributed by atoms with van der Waals surface area (Å²) in [5.74, 6) is 0.659. The Morgan fingerprint density at radius 2 is 1.92 bits per heavy atom. The first kappa shape index (κ1) is 17.0. The van der Waals surface area contributed by atoms with Crippen molar-refractivity contribution >= 4 is 23.3 Å². The van der Waals surface area contributed by atoms with Gasteiger partial charge in [0.25, 0.3) is 5.91 Å². The normalized spacial score (nSPS) is 18.4. The molecule has 0 saturated carbocycles. The highest BCUT2D eigenvalue weighted by atomic mass is 35.5. The van der Waals surface area contributed by atoms with Crippen LogP contribution in [-0.4, -0.2) is 40.3 Å². The van der Waals surface area contributed by atoms with Gasteiger partial charge in [0.2, 0.25) is 0 Å². The molecule has 0 radical (unpaired) electrons. The number of ether oxygens (including phenoxy) is 1. The van der Waals surface area contributed by atoms with Gasteiger partial charge in [-0.1, -0.05) is 11.6 Å². The van der Waals surface area contributed by atoms with Crippen LogP contribution in [0.1, 0.15) is 45.5 Å². The number of benzene rings is 1. The van der Waals surface area contributed by atoms with E-state index in [4.69, 9.17) is 16.3 Å². The van der Waals surface area contributed by atoms with Crippen LogP contribution < -0.4 is 4.74 Å². The van der Waals surface area contributed by atoms with Gasteiger partial charge in [0, 0.05) is 48.9 Å². The van der Waals surface area contributed by atoms with E-state index >= 15 is 0 Å². The molecular weight excluding hydrogens is 352 g/mol. The molecule has 134 valence electrons. The van der Waals surface area contributed by atoms with Crippen LogP contribution in [0.25, 0.3) is 0 Å². The number of ketones is 1. The summed E-state index contributed by atoms with van der Waals surface area (Å²) in [5, 5.41) is 0.578.